The van der Waals surface area contributed by atoms with Gasteiger partial charge < -0.3 is 10.5 Å². The second-order valence-electron chi connectivity index (χ2n) is 4.93. The molecule has 21 heavy (non-hydrogen) atoms. The topological polar surface area (TPSA) is 48.1 Å². The number of ether oxygens (including phenoxy) is 1. The van der Waals surface area contributed by atoms with Crippen molar-refractivity contribution in [1.82, 2.24) is 4.98 Å². The summed E-state index contributed by atoms with van der Waals surface area (Å²) in [6.45, 7) is 3.85. The quantitative estimate of drug-likeness (QED) is 0.887. The van der Waals surface area contributed by atoms with Gasteiger partial charge in [-0.25, -0.2) is 13.8 Å². The zero-order chi connectivity index (χ0) is 15.4. The van der Waals surface area contributed by atoms with Crippen molar-refractivity contribution in [3.8, 4) is 5.75 Å². The molecular weight excluding hydrogens is 294 g/mol. The first-order valence-corrected chi connectivity index (χ1v) is 7.64. The average Bonchev–Trinajstić information content (AvgIpc) is 2.83. The lowest BCUT2D eigenvalue weighted by atomic mass is 10.0. The van der Waals surface area contributed by atoms with Gasteiger partial charge in [0.2, 0.25) is 0 Å². The summed E-state index contributed by atoms with van der Waals surface area (Å²) in [6.07, 6.45) is 1.20. The molecule has 2 rings (SSSR count). The van der Waals surface area contributed by atoms with Crippen LogP contribution in [0.4, 0.5) is 8.78 Å². The summed E-state index contributed by atoms with van der Waals surface area (Å²) < 4.78 is 33.1. The summed E-state index contributed by atoms with van der Waals surface area (Å²) in [5.41, 5.74) is 7.20. The van der Waals surface area contributed by atoms with E-state index in [4.69, 9.17) is 10.5 Å². The van der Waals surface area contributed by atoms with Gasteiger partial charge in [0.05, 0.1) is 0 Å². The maximum absolute atomic E-state index is 14.0. The molecule has 0 aliphatic rings. The van der Waals surface area contributed by atoms with Gasteiger partial charge in [-0.3, -0.25) is 0 Å². The van der Waals surface area contributed by atoms with Crippen molar-refractivity contribution in [1.29, 1.82) is 0 Å². The molecule has 0 saturated carbocycles. The number of benzene rings is 1. The molecule has 1 atom stereocenters. The van der Waals surface area contributed by atoms with E-state index in [0.29, 0.717) is 17.0 Å². The van der Waals surface area contributed by atoms with E-state index in [2.05, 4.69) is 4.98 Å². The average molecular weight is 312 g/mol. The van der Waals surface area contributed by atoms with E-state index in [1.165, 1.54) is 23.5 Å². The Kier molecular flexibility index (Phi) is 5.25. The Balaban J connectivity index is 2.09. The molecule has 0 saturated heterocycles. The first-order chi connectivity index (χ1) is 9.99. The molecule has 1 aromatic heterocycles. The van der Waals surface area contributed by atoms with Crippen LogP contribution >= 0.6 is 11.3 Å². The summed E-state index contributed by atoms with van der Waals surface area (Å²) >= 11 is 1.40. The Labute approximate surface area is 126 Å². The molecule has 2 N–H and O–H groups in total. The summed E-state index contributed by atoms with van der Waals surface area (Å²) in [7, 11) is 0. The number of nitrogens with two attached hydrogens (primary N) is 1. The van der Waals surface area contributed by atoms with E-state index >= 15 is 0 Å². The van der Waals surface area contributed by atoms with Crippen molar-refractivity contribution in [3.63, 3.8) is 0 Å². The lowest BCUT2D eigenvalue weighted by molar-refractivity contribution is 0.273. The maximum Gasteiger partial charge on any atom is 0.191 e. The Morgan fingerprint density at radius 3 is 2.52 bits per heavy atom. The fourth-order valence-corrected chi connectivity index (χ4v) is 2.60. The first-order valence-electron chi connectivity index (χ1n) is 6.77. The summed E-state index contributed by atoms with van der Waals surface area (Å²) in [4.78, 5) is 4.19. The molecule has 2 aromatic rings. The second kappa shape index (κ2) is 6.95. The van der Waals surface area contributed by atoms with Crippen LogP contribution in [0.25, 0.3) is 0 Å². The van der Waals surface area contributed by atoms with Gasteiger partial charge in [-0.15, -0.1) is 11.3 Å². The predicted octanol–water partition coefficient (Wildman–Crippen LogP) is 3.59. The lowest BCUT2D eigenvalue weighted by Crippen LogP contribution is -2.21. The van der Waals surface area contributed by atoms with Crippen LogP contribution in [0.15, 0.2) is 17.5 Å². The van der Waals surface area contributed by atoms with Crippen LogP contribution in [-0.4, -0.2) is 11.0 Å². The number of nitrogens with zero attached hydrogens (tertiary/aromatic N) is 1. The predicted molar refractivity (Wildman–Crippen MR) is 79.5 cm³/mol. The molecule has 0 spiro atoms. The molecule has 0 aliphatic heterocycles. The van der Waals surface area contributed by atoms with Crippen molar-refractivity contribution in [2.45, 2.75) is 39.3 Å². The third kappa shape index (κ3) is 4.22. The Morgan fingerprint density at radius 2 is 2.00 bits per heavy atom. The van der Waals surface area contributed by atoms with Crippen LogP contribution in [0.1, 0.15) is 29.6 Å². The van der Waals surface area contributed by atoms with Crippen molar-refractivity contribution in [2.24, 2.45) is 5.73 Å². The highest BCUT2D eigenvalue weighted by Crippen LogP contribution is 2.25. The van der Waals surface area contributed by atoms with Gasteiger partial charge in [0, 0.05) is 17.1 Å². The van der Waals surface area contributed by atoms with Crippen molar-refractivity contribution in [2.75, 3.05) is 0 Å². The Bertz CT molecular complexity index is 592. The number of thiazole rings is 1. The maximum atomic E-state index is 14.0. The highest BCUT2D eigenvalue weighted by atomic mass is 32.1. The third-order valence-corrected chi connectivity index (χ3v) is 4.03. The summed E-state index contributed by atoms with van der Waals surface area (Å²) in [6, 6.07) is 2.45. The van der Waals surface area contributed by atoms with Gasteiger partial charge in [-0.05, 0) is 37.5 Å². The van der Waals surface area contributed by atoms with E-state index in [1.54, 1.807) is 0 Å². The molecule has 3 nitrogen and oxygen atoms in total. The fraction of sp³-hybridized carbons (Fsp3) is 0.400. The number of aromatic nitrogens is 1. The van der Waals surface area contributed by atoms with Crippen molar-refractivity contribution in [3.05, 3.63) is 45.4 Å². The van der Waals surface area contributed by atoms with E-state index in [1.807, 2.05) is 19.2 Å². The van der Waals surface area contributed by atoms with E-state index < -0.39 is 11.6 Å². The van der Waals surface area contributed by atoms with Gasteiger partial charge in [0.15, 0.2) is 17.4 Å². The standard InChI is InChI=1S/C15H18F2N2OS/c1-3-11(18)4-10-5-12(16)15(13(17)6-10)20-7-14-19-9(2)8-21-14/h5-6,8,11H,3-4,7,18H2,1-2H3. The van der Waals surface area contributed by atoms with Gasteiger partial charge in [0.1, 0.15) is 11.6 Å². The van der Waals surface area contributed by atoms with Gasteiger partial charge in [-0.1, -0.05) is 6.92 Å². The van der Waals surface area contributed by atoms with Crippen LogP contribution in [0, 0.1) is 18.6 Å². The summed E-state index contributed by atoms with van der Waals surface area (Å²) in [5, 5.41) is 2.55. The van der Waals surface area contributed by atoms with Crippen LogP contribution in [0.2, 0.25) is 0 Å². The number of halogens is 2. The monoisotopic (exact) mass is 312 g/mol. The third-order valence-electron chi connectivity index (χ3n) is 3.09. The minimum Gasteiger partial charge on any atom is -0.480 e. The van der Waals surface area contributed by atoms with Gasteiger partial charge >= 0.3 is 0 Å². The molecule has 1 aromatic carbocycles. The normalized spacial score (nSPS) is 12.4. The zero-order valence-corrected chi connectivity index (χ0v) is 12.8. The molecule has 0 aliphatic carbocycles. The minimum absolute atomic E-state index is 0.0557. The van der Waals surface area contributed by atoms with Crippen LogP contribution in [0.3, 0.4) is 0 Å². The zero-order valence-electron chi connectivity index (χ0n) is 12.0. The fourth-order valence-electron chi connectivity index (χ4n) is 1.92. The molecule has 6 heteroatoms. The Morgan fingerprint density at radius 1 is 1.33 bits per heavy atom. The van der Waals surface area contributed by atoms with E-state index in [9.17, 15) is 8.78 Å². The number of aryl methyl sites for hydroxylation is 1. The van der Waals surface area contributed by atoms with Crippen molar-refractivity contribution < 1.29 is 13.5 Å². The molecule has 1 unspecified atom stereocenters. The molecule has 0 fully saturated rings. The highest BCUT2D eigenvalue weighted by molar-refractivity contribution is 7.09. The second-order valence-corrected chi connectivity index (χ2v) is 5.87. The number of hydrogen-bond donors (Lipinski definition) is 1. The van der Waals surface area contributed by atoms with Gasteiger partial charge in [-0.2, -0.15) is 0 Å². The van der Waals surface area contributed by atoms with Crippen molar-refractivity contribution >= 4 is 11.3 Å². The minimum atomic E-state index is -0.707. The van der Waals surface area contributed by atoms with Crippen LogP contribution in [-0.2, 0) is 13.0 Å². The Hall–Kier alpha value is -1.53. The SMILES string of the molecule is CCC(N)Cc1cc(F)c(OCc2nc(C)cs2)c(F)c1. The molecule has 0 amide bonds. The van der Waals surface area contributed by atoms with Gasteiger partial charge in [0.25, 0.3) is 0 Å². The van der Waals surface area contributed by atoms with Crippen LogP contribution < -0.4 is 10.5 Å². The number of hydrogen-bond acceptors (Lipinski definition) is 4. The molecule has 114 valence electrons. The largest absolute Gasteiger partial charge is 0.480 e. The molecule has 1 heterocycles. The highest BCUT2D eigenvalue weighted by Gasteiger charge is 2.14. The molecule has 0 radical (unpaired) electrons. The summed E-state index contributed by atoms with van der Waals surface area (Å²) in [5.74, 6) is -1.78. The lowest BCUT2D eigenvalue weighted by Gasteiger charge is -2.12. The van der Waals surface area contributed by atoms with Crippen LogP contribution in [0.5, 0.6) is 5.75 Å². The first kappa shape index (κ1) is 15.9. The molecular formula is C15H18F2N2OS. The van der Waals surface area contributed by atoms with E-state index in [-0.39, 0.29) is 18.4 Å². The molecule has 0 bridgehead atoms. The van der Waals surface area contributed by atoms with E-state index in [0.717, 1.165) is 12.1 Å². The smallest absolute Gasteiger partial charge is 0.191 e. The number of rotatable bonds is 6.